The minimum atomic E-state index is -4.45. The molecule has 29 heavy (non-hydrogen) atoms. The van der Waals surface area contributed by atoms with E-state index in [4.69, 9.17) is 15.7 Å². The molecular weight excluding hydrogens is 406 g/mol. The maximum atomic E-state index is 14.8. The second-order valence-corrected chi connectivity index (χ2v) is 10.1. The SMILES string of the molecule is C#Cc1[nH]c(=O)cnc1C1OC(CC(C)(CC)OP(=O)(O)C(C)(C)O)C(O)C1F. The summed E-state index contributed by atoms with van der Waals surface area (Å²) in [5.74, 6) is 2.20. The molecule has 1 fully saturated rings. The lowest BCUT2D eigenvalue weighted by Gasteiger charge is -2.36. The molecule has 9 nitrogen and oxygen atoms in total. The molecular formula is C18H26FN2O7P. The van der Waals surface area contributed by atoms with Gasteiger partial charge in [0.05, 0.1) is 17.9 Å². The third-order valence-corrected chi connectivity index (χ3v) is 7.04. The highest BCUT2D eigenvalue weighted by Crippen LogP contribution is 2.57. The third kappa shape index (κ3) is 4.94. The van der Waals surface area contributed by atoms with Gasteiger partial charge in [-0.05, 0) is 27.2 Å². The Morgan fingerprint density at radius 3 is 2.62 bits per heavy atom. The average molecular weight is 432 g/mol. The van der Waals surface area contributed by atoms with Crippen molar-refractivity contribution in [3.05, 3.63) is 27.9 Å². The quantitative estimate of drug-likeness (QED) is 0.374. The molecule has 0 amide bonds. The maximum absolute atomic E-state index is 14.8. The van der Waals surface area contributed by atoms with Crippen LogP contribution in [0.4, 0.5) is 4.39 Å². The Labute approximate surface area is 167 Å². The Bertz CT molecular complexity index is 893. The van der Waals surface area contributed by atoms with Gasteiger partial charge in [-0.2, -0.15) is 0 Å². The van der Waals surface area contributed by atoms with E-state index < -0.39 is 48.6 Å². The van der Waals surface area contributed by atoms with Crippen molar-refractivity contribution in [2.75, 3.05) is 0 Å². The molecule has 0 spiro atoms. The zero-order valence-electron chi connectivity index (χ0n) is 16.6. The van der Waals surface area contributed by atoms with E-state index in [2.05, 4.69) is 15.9 Å². The Morgan fingerprint density at radius 2 is 2.10 bits per heavy atom. The van der Waals surface area contributed by atoms with Gasteiger partial charge >= 0.3 is 7.60 Å². The summed E-state index contributed by atoms with van der Waals surface area (Å²) >= 11 is 0. The number of halogens is 1. The Balaban J connectivity index is 2.27. The predicted octanol–water partition coefficient (Wildman–Crippen LogP) is 1.38. The van der Waals surface area contributed by atoms with Crippen LogP contribution >= 0.6 is 7.60 Å². The summed E-state index contributed by atoms with van der Waals surface area (Å²) in [5.41, 5.74) is -1.97. The lowest BCUT2D eigenvalue weighted by Crippen LogP contribution is -2.39. The fraction of sp³-hybridized carbons (Fsp3) is 0.667. The van der Waals surface area contributed by atoms with Crippen LogP contribution in [0.15, 0.2) is 11.0 Å². The van der Waals surface area contributed by atoms with Gasteiger partial charge in [-0.3, -0.25) is 9.36 Å². The second kappa shape index (κ2) is 8.26. The number of hydrogen-bond acceptors (Lipinski definition) is 7. The van der Waals surface area contributed by atoms with Crippen molar-refractivity contribution in [3.63, 3.8) is 0 Å². The third-order valence-electron chi connectivity index (χ3n) is 4.97. The number of aromatic nitrogens is 2. The van der Waals surface area contributed by atoms with Gasteiger partial charge < -0.3 is 29.4 Å². The van der Waals surface area contributed by atoms with Crippen LogP contribution in [-0.4, -0.2) is 54.4 Å². The number of nitrogens with one attached hydrogen (secondary N) is 1. The molecule has 1 aliphatic heterocycles. The summed E-state index contributed by atoms with van der Waals surface area (Å²) in [4.78, 5) is 27.7. The molecule has 0 aromatic carbocycles. The molecule has 2 heterocycles. The van der Waals surface area contributed by atoms with Crippen LogP contribution in [0.5, 0.6) is 0 Å². The normalized spacial score (nSPS) is 29.1. The number of aromatic amines is 1. The molecule has 0 radical (unpaired) electrons. The Kier molecular flexibility index (Phi) is 6.75. The van der Waals surface area contributed by atoms with Crippen LogP contribution in [0, 0.1) is 12.3 Å². The first-order chi connectivity index (χ1) is 13.2. The van der Waals surface area contributed by atoms with Gasteiger partial charge in [-0.25, -0.2) is 9.37 Å². The van der Waals surface area contributed by atoms with E-state index in [0.717, 1.165) is 20.0 Å². The van der Waals surface area contributed by atoms with E-state index in [1.807, 2.05) is 0 Å². The topological polar surface area (TPSA) is 142 Å². The summed E-state index contributed by atoms with van der Waals surface area (Å²) in [6.45, 7) is 5.46. The Morgan fingerprint density at radius 1 is 1.48 bits per heavy atom. The molecule has 0 saturated carbocycles. The number of aliphatic hydroxyl groups excluding tert-OH is 1. The second-order valence-electron chi connectivity index (χ2n) is 7.80. The molecule has 2 rings (SSSR count). The molecule has 6 atom stereocenters. The van der Waals surface area contributed by atoms with E-state index in [1.54, 1.807) is 6.92 Å². The molecule has 6 unspecified atom stereocenters. The summed E-state index contributed by atoms with van der Waals surface area (Å²) in [6, 6.07) is 0. The number of nitrogens with zero attached hydrogens (tertiary/aromatic N) is 1. The van der Waals surface area contributed by atoms with E-state index in [9.17, 15) is 28.9 Å². The van der Waals surface area contributed by atoms with Crippen molar-refractivity contribution >= 4 is 7.60 Å². The summed E-state index contributed by atoms with van der Waals surface area (Å²) in [7, 11) is -4.45. The molecule has 162 valence electrons. The van der Waals surface area contributed by atoms with Crippen LogP contribution in [-0.2, 0) is 13.8 Å². The molecule has 0 aliphatic carbocycles. The molecule has 1 saturated heterocycles. The molecule has 11 heteroatoms. The van der Waals surface area contributed by atoms with Gasteiger partial charge in [-0.1, -0.05) is 12.8 Å². The largest absolute Gasteiger partial charge is 0.387 e. The highest BCUT2D eigenvalue weighted by molar-refractivity contribution is 7.54. The van der Waals surface area contributed by atoms with Crippen LogP contribution in [0.1, 0.15) is 58.0 Å². The Hall–Kier alpha value is -1.60. The number of ether oxygens (including phenoxy) is 1. The number of aliphatic hydroxyl groups is 2. The summed E-state index contributed by atoms with van der Waals surface area (Å²) in [6.07, 6.45) is 0.395. The number of terminal acetylenes is 1. The van der Waals surface area contributed by atoms with E-state index in [-0.39, 0.29) is 24.2 Å². The van der Waals surface area contributed by atoms with Crippen LogP contribution < -0.4 is 5.56 Å². The van der Waals surface area contributed by atoms with Gasteiger partial charge in [-0.15, -0.1) is 6.42 Å². The highest BCUT2D eigenvalue weighted by Gasteiger charge is 2.51. The lowest BCUT2D eigenvalue weighted by atomic mass is 9.92. The maximum Gasteiger partial charge on any atom is 0.359 e. The minimum Gasteiger partial charge on any atom is -0.387 e. The standard InChI is InChI=1S/C18H26FN2O7P/c1-6-10-14(20-9-12(22)21-10)16-13(19)15(23)11(27-16)8-18(5,7-2)28-29(25,26)17(3,4)24/h1,9,11,13,15-16,23-24H,7-8H2,2-5H3,(H,21,22)(H,25,26). The van der Waals surface area contributed by atoms with Crippen LogP contribution in [0.2, 0.25) is 0 Å². The summed E-state index contributed by atoms with van der Waals surface area (Å²) in [5, 5.41) is 18.2. The lowest BCUT2D eigenvalue weighted by molar-refractivity contribution is -0.0528. The van der Waals surface area contributed by atoms with Gasteiger partial charge in [0.2, 0.25) is 0 Å². The fourth-order valence-electron chi connectivity index (χ4n) is 2.93. The predicted molar refractivity (Wildman–Crippen MR) is 102 cm³/mol. The zero-order valence-corrected chi connectivity index (χ0v) is 17.5. The molecule has 4 N–H and O–H groups in total. The van der Waals surface area contributed by atoms with E-state index in [0.29, 0.717) is 0 Å². The summed E-state index contributed by atoms with van der Waals surface area (Å²) < 4.78 is 38.1. The number of H-pyrrole nitrogens is 1. The van der Waals surface area contributed by atoms with E-state index >= 15 is 0 Å². The van der Waals surface area contributed by atoms with Crippen molar-refractivity contribution in [1.82, 2.24) is 9.97 Å². The van der Waals surface area contributed by atoms with Crippen molar-refractivity contribution in [1.29, 1.82) is 0 Å². The first-order valence-electron chi connectivity index (χ1n) is 9.04. The molecule has 1 aromatic rings. The minimum absolute atomic E-state index is 0.0374. The van der Waals surface area contributed by atoms with Gasteiger partial charge in [0.1, 0.15) is 23.6 Å². The average Bonchev–Trinajstić information content (AvgIpc) is 2.88. The van der Waals surface area contributed by atoms with Gasteiger partial charge in [0, 0.05) is 6.42 Å². The van der Waals surface area contributed by atoms with E-state index in [1.165, 1.54) is 6.92 Å². The molecule has 1 aromatic heterocycles. The monoisotopic (exact) mass is 432 g/mol. The number of rotatable bonds is 7. The smallest absolute Gasteiger partial charge is 0.359 e. The van der Waals surface area contributed by atoms with Crippen molar-refractivity contribution in [3.8, 4) is 12.3 Å². The van der Waals surface area contributed by atoms with Crippen molar-refractivity contribution in [2.24, 2.45) is 0 Å². The van der Waals surface area contributed by atoms with Gasteiger partial charge in [0.15, 0.2) is 11.5 Å². The first kappa shape index (κ1) is 23.7. The number of alkyl halides is 1. The zero-order chi connectivity index (χ0) is 22.2. The fourth-order valence-corrected chi connectivity index (χ4v) is 3.96. The van der Waals surface area contributed by atoms with Crippen LogP contribution in [0.25, 0.3) is 0 Å². The van der Waals surface area contributed by atoms with Crippen molar-refractivity contribution < 1.29 is 33.3 Å². The van der Waals surface area contributed by atoms with Gasteiger partial charge in [0.25, 0.3) is 5.56 Å². The van der Waals surface area contributed by atoms with Crippen LogP contribution in [0.3, 0.4) is 0 Å². The highest BCUT2D eigenvalue weighted by atomic mass is 31.2. The molecule has 0 bridgehead atoms. The first-order valence-corrected chi connectivity index (χ1v) is 10.6. The number of hydrogen-bond donors (Lipinski definition) is 4. The van der Waals surface area contributed by atoms with Crippen molar-refractivity contribution in [2.45, 2.75) is 76.0 Å². The molecule has 1 aliphatic rings.